The third-order valence-corrected chi connectivity index (χ3v) is 3.89. The van der Waals surface area contributed by atoms with Crippen molar-refractivity contribution in [1.29, 1.82) is 0 Å². The Kier molecular flexibility index (Phi) is 4.62. The van der Waals surface area contributed by atoms with Crippen molar-refractivity contribution in [3.8, 4) is 0 Å². The average molecular weight is 260 g/mol. The van der Waals surface area contributed by atoms with Crippen LogP contribution in [0, 0.1) is 5.82 Å². The Morgan fingerprint density at radius 3 is 2.29 bits per heavy atom. The van der Waals surface area contributed by atoms with Crippen LogP contribution in [0.25, 0.3) is 0 Å². The number of halogens is 1. The third kappa shape index (κ3) is 5.44. The lowest BCUT2D eigenvalue weighted by Gasteiger charge is -2.03. The van der Waals surface area contributed by atoms with Crippen LogP contribution in [0.2, 0.25) is 0 Å². The fourth-order valence-electron chi connectivity index (χ4n) is 1.27. The number of carboxylic acid groups (broad SMARTS) is 1. The summed E-state index contributed by atoms with van der Waals surface area (Å²) < 4.78 is 35.5. The SMILES string of the molecule is O=C(O)CCS(=O)(=O)CCc1ccc(F)cc1. The summed E-state index contributed by atoms with van der Waals surface area (Å²) in [6.07, 6.45) is -0.117. The van der Waals surface area contributed by atoms with Gasteiger partial charge in [0.15, 0.2) is 9.84 Å². The smallest absolute Gasteiger partial charge is 0.304 e. The second-order valence-corrected chi connectivity index (χ2v) is 5.98. The van der Waals surface area contributed by atoms with Gasteiger partial charge in [0.05, 0.1) is 17.9 Å². The molecule has 0 atom stereocenters. The lowest BCUT2D eigenvalue weighted by Crippen LogP contribution is -2.15. The molecular weight excluding hydrogens is 247 g/mol. The quantitative estimate of drug-likeness (QED) is 0.835. The molecule has 1 aromatic carbocycles. The van der Waals surface area contributed by atoms with Gasteiger partial charge in [-0.1, -0.05) is 12.1 Å². The standard InChI is InChI=1S/C11H13FO4S/c12-10-3-1-9(2-4-10)5-7-17(15,16)8-6-11(13)14/h1-4H,5-8H2,(H,13,14). The Hall–Kier alpha value is -1.43. The number of aryl methyl sites for hydroxylation is 1. The summed E-state index contributed by atoms with van der Waals surface area (Å²) in [7, 11) is -3.36. The van der Waals surface area contributed by atoms with E-state index in [-0.39, 0.29) is 30.2 Å². The van der Waals surface area contributed by atoms with E-state index in [2.05, 4.69) is 0 Å². The molecule has 94 valence electrons. The lowest BCUT2D eigenvalue weighted by atomic mass is 10.2. The first kappa shape index (κ1) is 13.6. The predicted octanol–water partition coefficient (Wildman–Crippen LogP) is 1.26. The van der Waals surface area contributed by atoms with E-state index in [4.69, 9.17) is 5.11 Å². The number of benzene rings is 1. The molecule has 0 spiro atoms. The molecule has 0 fully saturated rings. The fourth-order valence-corrected chi connectivity index (χ4v) is 2.51. The number of carbonyl (C=O) groups is 1. The van der Waals surface area contributed by atoms with Gasteiger partial charge in [-0.25, -0.2) is 12.8 Å². The van der Waals surface area contributed by atoms with Crippen LogP contribution in [0.15, 0.2) is 24.3 Å². The summed E-state index contributed by atoms with van der Waals surface area (Å²) in [5, 5.41) is 8.39. The summed E-state index contributed by atoms with van der Waals surface area (Å²) in [6.45, 7) is 0. The number of rotatable bonds is 6. The topological polar surface area (TPSA) is 71.4 Å². The molecule has 0 bridgehead atoms. The molecule has 1 aromatic rings. The highest BCUT2D eigenvalue weighted by molar-refractivity contribution is 7.91. The second-order valence-electron chi connectivity index (χ2n) is 3.67. The van der Waals surface area contributed by atoms with E-state index < -0.39 is 15.8 Å². The largest absolute Gasteiger partial charge is 0.481 e. The Bertz CT molecular complexity index is 479. The minimum Gasteiger partial charge on any atom is -0.481 e. The lowest BCUT2D eigenvalue weighted by molar-refractivity contribution is -0.136. The van der Waals surface area contributed by atoms with Crippen LogP contribution in [0.3, 0.4) is 0 Å². The van der Waals surface area contributed by atoms with Crippen LogP contribution >= 0.6 is 0 Å². The van der Waals surface area contributed by atoms with Crippen LogP contribution < -0.4 is 0 Å². The van der Waals surface area contributed by atoms with Crippen molar-refractivity contribution >= 4 is 15.8 Å². The molecule has 0 saturated carbocycles. The van der Waals surface area contributed by atoms with Crippen molar-refractivity contribution in [1.82, 2.24) is 0 Å². The summed E-state index contributed by atoms with van der Waals surface area (Å²) in [6, 6.07) is 5.56. The van der Waals surface area contributed by atoms with Gasteiger partial charge in [-0.2, -0.15) is 0 Å². The molecule has 0 saturated heterocycles. The molecule has 0 aliphatic heterocycles. The number of aliphatic carboxylic acids is 1. The van der Waals surface area contributed by atoms with Gasteiger partial charge in [0.1, 0.15) is 5.82 Å². The highest BCUT2D eigenvalue weighted by atomic mass is 32.2. The van der Waals surface area contributed by atoms with Gasteiger partial charge in [-0.05, 0) is 24.1 Å². The molecule has 0 aromatic heterocycles. The van der Waals surface area contributed by atoms with E-state index >= 15 is 0 Å². The minimum absolute atomic E-state index is 0.119. The molecule has 0 radical (unpaired) electrons. The first-order chi connectivity index (χ1) is 7.89. The van der Waals surface area contributed by atoms with Crippen LogP contribution in [0.1, 0.15) is 12.0 Å². The fraction of sp³-hybridized carbons (Fsp3) is 0.364. The van der Waals surface area contributed by atoms with Gasteiger partial charge in [0, 0.05) is 0 Å². The van der Waals surface area contributed by atoms with E-state index in [1.165, 1.54) is 24.3 Å². The molecule has 17 heavy (non-hydrogen) atoms. The zero-order valence-electron chi connectivity index (χ0n) is 9.10. The Morgan fingerprint density at radius 1 is 1.18 bits per heavy atom. The first-order valence-electron chi connectivity index (χ1n) is 5.06. The number of sulfone groups is 1. The van der Waals surface area contributed by atoms with Crippen molar-refractivity contribution < 1.29 is 22.7 Å². The number of carboxylic acids is 1. The Labute approximate surface area is 99.0 Å². The summed E-state index contributed by atoms with van der Waals surface area (Å²) in [4.78, 5) is 10.3. The van der Waals surface area contributed by atoms with Gasteiger partial charge in [0.25, 0.3) is 0 Å². The van der Waals surface area contributed by atoms with E-state index in [1.807, 2.05) is 0 Å². The van der Waals surface area contributed by atoms with Gasteiger partial charge >= 0.3 is 5.97 Å². The van der Waals surface area contributed by atoms with Gasteiger partial charge < -0.3 is 5.11 Å². The predicted molar refractivity (Wildman–Crippen MR) is 61.0 cm³/mol. The van der Waals surface area contributed by atoms with Crippen LogP contribution in [-0.4, -0.2) is 31.0 Å². The third-order valence-electron chi connectivity index (χ3n) is 2.24. The molecule has 1 N–H and O–H groups in total. The zero-order chi connectivity index (χ0) is 12.9. The van der Waals surface area contributed by atoms with Crippen molar-refractivity contribution in [2.75, 3.05) is 11.5 Å². The molecule has 0 amide bonds. The van der Waals surface area contributed by atoms with Crippen LogP contribution in [0.5, 0.6) is 0 Å². The van der Waals surface area contributed by atoms with Gasteiger partial charge in [0.2, 0.25) is 0 Å². The summed E-state index contributed by atoms with van der Waals surface area (Å²) >= 11 is 0. The molecule has 6 heteroatoms. The van der Waals surface area contributed by atoms with Gasteiger partial charge in [-0.3, -0.25) is 4.79 Å². The molecule has 0 aliphatic carbocycles. The van der Waals surface area contributed by atoms with Gasteiger partial charge in [-0.15, -0.1) is 0 Å². The number of hydrogen-bond acceptors (Lipinski definition) is 3. The molecule has 0 aliphatic rings. The van der Waals surface area contributed by atoms with E-state index in [0.29, 0.717) is 5.56 Å². The maximum absolute atomic E-state index is 12.6. The molecule has 4 nitrogen and oxygen atoms in total. The maximum atomic E-state index is 12.6. The minimum atomic E-state index is -3.36. The first-order valence-corrected chi connectivity index (χ1v) is 6.88. The summed E-state index contributed by atoms with van der Waals surface area (Å²) in [5.74, 6) is -1.98. The zero-order valence-corrected chi connectivity index (χ0v) is 9.91. The average Bonchev–Trinajstić information content (AvgIpc) is 2.26. The monoisotopic (exact) mass is 260 g/mol. The highest BCUT2D eigenvalue weighted by Crippen LogP contribution is 2.06. The van der Waals surface area contributed by atoms with Crippen molar-refractivity contribution in [2.45, 2.75) is 12.8 Å². The molecule has 1 rings (SSSR count). The van der Waals surface area contributed by atoms with Crippen molar-refractivity contribution in [2.24, 2.45) is 0 Å². The number of hydrogen-bond donors (Lipinski definition) is 1. The summed E-state index contributed by atoms with van der Waals surface area (Å²) in [5.41, 5.74) is 0.713. The van der Waals surface area contributed by atoms with Crippen molar-refractivity contribution in [3.63, 3.8) is 0 Å². The van der Waals surface area contributed by atoms with E-state index in [1.54, 1.807) is 0 Å². The van der Waals surface area contributed by atoms with Crippen LogP contribution in [0.4, 0.5) is 4.39 Å². The van der Waals surface area contributed by atoms with Crippen molar-refractivity contribution in [3.05, 3.63) is 35.6 Å². The molecule has 0 heterocycles. The Morgan fingerprint density at radius 2 is 1.76 bits per heavy atom. The normalized spacial score (nSPS) is 11.4. The Balaban J connectivity index is 2.49. The molecule has 0 unspecified atom stereocenters. The van der Waals surface area contributed by atoms with Crippen LogP contribution in [-0.2, 0) is 21.1 Å². The highest BCUT2D eigenvalue weighted by Gasteiger charge is 2.13. The van der Waals surface area contributed by atoms with E-state index in [9.17, 15) is 17.6 Å². The maximum Gasteiger partial charge on any atom is 0.304 e. The second kappa shape index (κ2) is 5.77. The molecular formula is C11H13FO4S. The van der Waals surface area contributed by atoms with E-state index in [0.717, 1.165) is 0 Å².